The van der Waals surface area contributed by atoms with Crippen LogP contribution < -0.4 is 0 Å². The van der Waals surface area contributed by atoms with Crippen molar-refractivity contribution in [2.24, 2.45) is 40.4 Å². The molecule has 0 aromatic rings. The van der Waals surface area contributed by atoms with Crippen LogP contribution in [0, 0.1) is 40.4 Å². The summed E-state index contributed by atoms with van der Waals surface area (Å²) in [6.45, 7) is 6.70. The highest BCUT2D eigenvalue weighted by molar-refractivity contribution is 5.12. The highest BCUT2D eigenvalue weighted by Gasteiger charge is 2.63. The summed E-state index contributed by atoms with van der Waals surface area (Å²) < 4.78 is 0. The summed E-state index contributed by atoms with van der Waals surface area (Å²) in [7, 11) is 0. The van der Waals surface area contributed by atoms with Crippen molar-refractivity contribution in [2.75, 3.05) is 0 Å². The minimum absolute atomic E-state index is 0.103. The van der Waals surface area contributed by atoms with Crippen LogP contribution in [0.15, 0.2) is 0 Å². The monoisotopic (exact) mass is 336 g/mol. The van der Waals surface area contributed by atoms with Gasteiger partial charge in [-0.15, -0.1) is 0 Å². The fourth-order valence-corrected chi connectivity index (χ4v) is 8.19. The molecule has 3 N–H and O–H groups in total. The van der Waals surface area contributed by atoms with E-state index in [9.17, 15) is 15.3 Å². The van der Waals surface area contributed by atoms with Crippen molar-refractivity contribution in [2.45, 2.75) is 90.4 Å². The zero-order chi connectivity index (χ0) is 17.3. The predicted octanol–water partition coefficient (Wildman–Crippen LogP) is 3.36. The molecule has 0 aromatic heterocycles. The third-order valence-electron chi connectivity index (χ3n) is 9.22. The lowest BCUT2D eigenvalue weighted by Crippen LogP contribution is -2.59. The van der Waals surface area contributed by atoms with E-state index in [1.807, 2.05) is 6.92 Å². The Kier molecular flexibility index (Phi) is 4.10. The van der Waals surface area contributed by atoms with Gasteiger partial charge in [0.2, 0.25) is 0 Å². The van der Waals surface area contributed by atoms with Gasteiger partial charge in [0.15, 0.2) is 0 Å². The Balaban J connectivity index is 1.66. The molecule has 4 rings (SSSR count). The highest BCUT2D eigenvalue weighted by Crippen LogP contribution is 2.67. The summed E-state index contributed by atoms with van der Waals surface area (Å²) in [5.74, 6) is 2.59. The standard InChI is InChI=1S/C21H36O3/c1-12(22)16-6-7-17-15-5-4-13-10-14(23)8-9-20(13,2)19(15)18(24)11-21(16,17)3/h12-19,22-24H,4-11H2,1-3H3. The summed E-state index contributed by atoms with van der Waals surface area (Å²) in [5, 5.41) is 31.7. The first-order valence-corrected chi connectivity index (χ1v) is 10.3. The van der Waals surface area contributed by atoms with Crippen molar-refractivity contribution < 1.29 is 15.3 Å². The van der Waals surface area contributed by atoms with E-state index in [4.69, 9.17) is 0 Å². The van der Waals surface area contributed by atoms with Gasteiger partial charge in [0.25, 0.3) is 0 Å². The van der Waals surface area contributed by atoms with Crippen LogP contribution in [0.25, 0.3) is 0 Å². The number of fused-ring (bicyclic) bond motifs is 5. The number of aliphatic hydroxyl groups is 3. The third-order valence-corrected chi connectivity index (χ3v) is 9.22. The van der Waals surface area contributed by atoms with Gasteiger partial charge >= 0.3 is 0 Å². The van der Waals surface area contributed by atoms with Gasteiger partial charge in [0, 0.05) is 0 Å². The van der Waals surface area contributed by atoms with Crippen LogP contribution in [-0.2, 0) is 0 Å². The molecule has 0 amide bonds. The molecule has 3 heteroatoms. The smallest absolute Gasteiger partial charge is 0.0581 e. The van der Waals surface area contributed by atoms with Gasteiger partial charge in [-0.05, 0) is 98.7 Å². The first-order valence-electron chi connectivity index (χ1n) is 10.3. The van der Waals surface area contributed by atoms with E-state index in [-0.39, 0.29) is 29.1 Å². The quantitative estimate of drug-likeness (QED) is 0.688. The second-order valence-electron chi connectivity index (χ2n) is 10.2. The summed E-state index contributed by atoms with van der Waals surface area (Å²) in [4.78, 5) is 0. The molecule has 0 aromatic carbocycles. The average molecular weight is 337 g/mol. The van der Waals surface area contributed by atoms with Gasteiger partial charge in [-0.2, -0.15) is 0 Å². The average Bonchev–Trinajstić information content (AvgIpc) is 2.84. The van der Waals surface area contributed by atoms with Crippen LogP contribution in [0.1, 0.15) is 72.1 Å². The molecule has 24 heavy (non-hydrogen) atoms. The van der Waals surface area contributed by atoms with E-state index >= 15 is 0 Å². The first-order chi connectivity index (χ1) is 11.3. The van der Waals surface area contributed by atoms with E-state index in [0.717, 1.165) is 32.1 Å². The van der Waals surface area contributed by atoms with Gasteiger partial charge in [0.1, 0.15) is 0 Å². The predicted molar refractivity (Wildman–Crippen MR) is 94.3 cm³/mol. The molecule has 0 saturated heterocycles. The molecular formula is C21H36O3. The van der Waals surface area contributed by atoms with Gasteiger partial charge in [0.05, 0.1) is 18.3 Å². The third kappa shape index (κ3) is 2.27. The molecule has 4 saturated carbocycles. The number of rotatable bonds is 1. The zero-order valence-corrected chi connectivity index (χ0v) is 15.6. The molecule has 4 aliphatic carbocycles. The van der Waals surface area contributed by atoms with Crippen molar-refractivity contribution in [3.05, 3.63) is 0 Å². The Labute approximate surface area is 146 Å². The SMILES string of the molecule is CC(O)C1CCC2C3CCC4CC(O)CCC4(C)C3C(O)CC12C. The largest absolute Gasteiger partial charge is 0.393 e. The van der Waals surface area contributed by atoms with Crippen molar-refractivity contribution >= 4 is 0 Å². The lowest BCUT2D eigenvalue weighted by atomic mass is 9.44. The maximum Gasteiger partial charge on any atom is 0.0581 e. The van der Waals surface area contributed by atoms with Crippen molar-refractivity contribution in [3.63, 3.8) is 0 Å². The zero-order valence-electron chi connectivity index (χ0n) is 15.6. The van der Waals surface area contributed by atoms with Crippen LogP contribution in [0.3, 0.4) is 0 Å². The number of aliphatic hydroxyl groups excluding tert-OH is 3. The van der Waals surface area contributed by atoms with E-state index in [2.05, 4.69) is 13.8 Å². The van der Waals surface area contributed by atoms with Crippen LogP contribution >= 0.6 is 0 Å². The molecule has 0 spiro atoms. The fraction of sp³-hybridized carbons (Fsp3) is 1.00. The first kappa shape index (κ1) is 17.3. The lowest BCUT2D eigenvalue weighted by Gasteiger charge is -2.62. The number of hydrogen-bond acceptors (Lipinski definition) is 3. The summed E-state index contributed by atoms with van der Waals surface area (Å²) in [6, 6.07) is 0. The molecule has 0 radical (unpaired) electrons. The Morgan fingerprint density at radius 3 is 2.42 bits per heavy atom. The molecule has 4 aliphatic rings. The van der Waals surface area contributed by atoms with Gasteiger partial charge in [-0.25, -0.2) is 0 Å². The van der Waals surface area contributed by atoms with E-state index < -0.39 is 0 Å². The van der Waals surface area contributed by atoms with Crippen molar-refractivity contribution in [1.29, 1.82) is 0 Å². The van der Waals surface area contributed by atoms with Crippen LogP contribution in [0.5, 0.6) is 0 Å². The Hall–Kier alpha value is -0.120. The van der Waals surface area contributed by atoms with E-state index in [1.165, 1.54) is 19.3 Å². The van der Waals surface area contributed by atoms with Crippen LogP contribution in [-0.4, -0.2) is 33.6 Å². The molecular weight excluding hydrogens is 300 g/mol. The molecule has 138 valence electrons. The Morgan fingerprint density at radius 1 is 0.958 bits per heavy atom. The fourth-order valence-electron chi connectivity index (χ4n) is 8.19. The van der Waals surface area contributed by atoms with Gasteiger partial charge in [-0.1, -0.05) is 13.8 Å². The highest BCUT2D eigenvalue weighted by atomic mass is 16.3. The normalized spacial score (nSPS) is 58.5. The van der Waals surface area contributed by atoms with Crippen LogP contribution in [0.2, 0.25) is 0 Å². The van der Waals surface area contributed by atoms with E-state index in [0.29, 0.717) is 29.6 Å². The lowest BCUT2D eigenvalue weighted by molar-refractivity contribution is -0.181. The van der Waals surface area contributed by atoms with Crippen LogP contribution in [0.4, 0.5) is 0 Å². The van der Waals surface area contributed by atoms with Crippen molar-refractivity contribution in [3.8, 4) is 0 Å². The summed E-state index contributed by atoms with van der Waals surface area (Å²) in [6.07, 6.45) is 7.91. The molecule has 4 fully saturated rings. The summed E-state index contributed by atoms with van der Waals surface area (Å²) >= 11 is 0. The molecule has 3 nitrogen and oxygen atoms in total. The minimum atomic E-state index is -0.263. The second kappa shape index (κ2) is 5.69. The topological polar surface area (TPSA) is 60.7 Å². The second-order valence-corrected chi connectivity index (χ2v) is 10.2. The van der Waals surface area contributed by atoms with Gasteiger partial charge < -0.3 is 15.3 Å². The maximum atomic E-state index is 11.2. The molecule has 0 bridgehead atoms. The maximum absolute atomic E-state index is 11.2. The minimum Gasteiger partial charge on any atom is -0.393 e. The van der Waals surface area contributed by atoms with Crippen molar-refractivity contribution in [1.82, 2.24) is 0 Å². The molecule has 10 unspecified atom stereocenters. The molecule has 0 aliphatic heterocycles. The van der Waals surface area contributed by atoms with Gasteiger partial charge in [-0.3, -0.25) is 0 Å². The molecule has 10 atom stereocenters. The Morgan fingerprint density at radius 2 is 1.71 bits per heavy atom. The van der Waals surface area contributed by atoms with E-state index in [1.54, 1.807) is 0 Å². The Bertz CT molecular complexity index is 491. The molecule has 0 heterocycles. The number of hydrogen-bond donors (Lipinski definition) is 3. The summed E-state index contributed by atoms with van der Waals surface area (Å²) in [5.41, 5.74) is 0.304.